The van der Waals surface area contributed by atoms with Crippen LogP contribution in [0.2, 0.25) is 0 Å². The fraction of sp³-hybridized carbons (Fsp3) is 0.357. The highest BCUT2D eigenvalue weighted by molar-refractivity contribution is 5.79. The molecule has 0 aliphatic heterocycles. The maximum atomic E-state index is 11.7. The molecule has 1 rings (SSSR count). The van der Waals surface area contributed by atoms with Gasteiger partial charge in [0.25, 0.3) is 0 Å². The molecule has 108 valence electrons. The van der Waals surface area contributed by atoms with Gasteiger partial charge in [-0.05, 0) is 38.5 Å². The Labute approximate surface area is 117 Å². The number of carbonyl (C=O) groups is 1. The highest BCUT2D eigenvalue weighted by Crippen LogP contribution is 2.20. The molecule has 1 aromatic carbocycles. The topological polar surface area (TPSA) is 78.7 Å². The lowest BCUT2D eigenvalue weighted by Crippen LogP contribution is -2.39. The first-order chi connectivity index (χ1) is 9.35. The van der Waals surface area contributed by atoms with Crippen molar-refractivity contribution in [3.05, 3.63) is 46.1 Å². The second kappa shape index (κ2) is 6.70. The van der Waals surface area contributed by atoms with Crippen molar-refractivity contribution in [2.45, 2.75) is 26.4 Å². The number of ether oxygens (including phenoxy) is 2. The predicted molar refractivity (Wildman–Crippen MR) is 73.8 cm³/mol. The molecule has 0 aliphatic carbocycles. The van der Waals surface area contributed by atoms with Gasteiger partial charge in [-0.3, -0.25) is 10.1 Å². The Morgan fingerprint density at radius 3 is 2.45 bits per heavy atom. The van der Waals surface area contributed by atoms with E-state index >= 15 is 0 Å². The van der Waals surface area contributed by atoms with E-state index in [9.17, 15) is 14.9 Å². The third-order valence-electron chi connectivity index (χ3n) is 2.41. The molecular formula is C14H17NO5. The maximum Gasteiger partial charge on any atom is 0.349 e. The van der Waals surface area contributed by atoms with Gasteiger partial charge in [0.1, 0.15) is 5.75 Å². The lowest BCUT2D eigenvalue weighted by Gasteiger charge is -2.24. The molecule has 0 saturated heterocycles. The minimum atomic E-state index is -1.09. The van der Waals surface area contributed by atoms with Gasteiger partial charge in [-0.1, -0.05) is 12.1 Å². The van der Waals surface area contributed by atoms with Gasteiger partial charge < -0.3 is 9.47 Å². The van der Waals surface area contributed by atoms with Gasteiger partial charge in [-0.2, -0.15) is 0 Å². The molecule has 0 unspecified atom stereocenters. The molecule has 0 aromatic heterocycles. The van der Waals surface area contributed by atoms with E-state index in [1.54, 1.807) is 45.0 Å². The molecule has 0 N–H and O–H groups in total. The Balaban J connectivity index is 2.74. The van der Waals surface area contributed by atoms with Gasteiger partial charge in [0.05, 0.1) is 11.5 Å². The van der Waals surface area contributed by atoms with E-state index in [4.69, 9.17) is 9.47 Å². The summed E-state index contributed by atoms with van der Waals surface area (Å²) in [5.41, 5.74) is -0.420. The molecule has 0 bridgehead atoms. The summed E-state index contributed by atoms with van der Waals surface area (Å²) < 4.78 is 10.5. The molecule has 0 spiro atoms. The van der Waals surface area contributed by atoms with Crippen molar-refractivity contribution in [1.82, 2.24) is 0 Å². The van der Waals surface area contributed by atoms with Gasteiger partial charge in [0.15, 0.2) is 5.60 Å². The van der Waals surface area contributed by atoms with Crippen LogP contribution in [0.1, 0.15) is 26.3 Å². The number of rotatable bonds is 6. The van der Waals surface area contributed by atoms with E-state index < -0.39 is 16.5 Å². The number of nitro groups is 1. The van der Waals surface area contributed by atoms with Gasteiger partial charge in [-0.15, -0.1) is 0 Å². The van der Waals surface area contributed by atoms with Gasteiger partial charge in [-0.25, -0.2) is 4.79 Å². The second-order valence-electron chi connectivity index (χ2n) is 4.50. The van der Waals surface area contributed by atoms with Gasteiger partial charge in [0, 0.05) is 6.08 Å². The van der Waals surface area contributed by atoms with Crippen LogP contribution in [0.4, 0.5) is 0 Å². The number of carbonyl (C=O) groups excluding carboxylic acids is 1. The number of hydrogen-bond donors (Lipinski definition) is 0. The minimum absolute atomic E-state index is 0.288. The quantitative estimate of drug-likeness (QED) is 0.454. The van der Waals surface area contributed by atoms with Crippen molar-refractivity contribution in [1.29, 1.82) is 0 Å². The van der Waals surface area contributed by atoms with Crippen LogP contribution in [0.25, 0.3) is 6.08 Å². The molecule has 0 fully saturated rings. The SMILES string of the molecule is CCOC(=O)C(C)(C)Oc1ccc(/C=C/[N+](=O)[O-])cc1. The summed E-state index contributed by atoms with van der Waals surface area (Å²) in [6.07, 6.45) is 2.23. The van der Waals surface area contributed by atoms with Gasteiger partial charge >= 0.3 is 5.97 Å². The molecule has 0 radical (unpaired) electrons. The molecule has 6 heteroatoms. The van der Waals surface area contributed by atoms with Crippen molar-refractivity contribution in [3.63, 3.8) is 0 Å². The standard InChI is InChI=1S/C14H17NO5/c1-4-19-13(16)14(2,3)20-12-7-5-11(6-8-12)9-10-15(17)18/h5-10H,4H2,1-3H3/b10-9+. The van der Waals surface area contributed by atoms with Crippen LogP contribution in [0.5, 0.6) is 5.75 Å². The zero-order valence-electron chi connectivity index (χ0n) is 11.7. The van der Waals surface area contributed by atoms with E-state index in [1.807, 2.05) is 0 Å². The molecule has 0 saturated carbocycles. The monoisotopic (exact) mass is 279 g/mol. The predicted octanol–water partition coefficient (Wildman–Crippen LogP) is 2.65. The van der Waals surface area contributed by atoms with Crippen molar-refractivity contribution in [3.8, 4) is 5.75 Å². The summed E-state index contributed by atoms with van der Waals surface area (Å²) in [6, 6.07) is 6.61. The molecule has 0 aliphatic rings. The summed E-state index contributed by atoms with van der Waals surface area (Å²) in [6.45, 7) is 5.25. The number of hydrogen-bond acceptors (Lipinski definition) is 5. The van der Waals surface area contributed by atoms with Crippen molar-refractivity contribution in [2.24, 2.45) is 0 Å². The Hall–Kier alpha value is -2.37. The van der Waals surface area contributed by atoms with Crippen molar-refractivity contribution >= 4 is 12.0 Å². The first-order valence-corrected chi connectivity index (χ1v) is 6.13. The maximum absolute atomic E-state index is 11.7. The molecule has 0 heterocycles. The van der Waals surface area contributed by atoms with Crippen LogP contribution in [-0.2, 0) is 9.53 Å². The van der Waals surface area contributed by atoms with Gasteiger partial charge in [0.2, 0.25) is 6.20 Å². The lowest BCUT2D eigenvalue weighted by atomic mass is 10.1. The van der Waals surface area contributed by atoms with Crippen molar-refractivity contribution in [2.75, 3.05) is 6.61 Å². The first-order valence-electron chi connectivity index (χ1n) is 6.13. The average Bonchev–Trinajstić information content (AvgIpc) is 2.37. The molecule has 0 atom stereocenters. The van der Waals surface area contributed by atoms with Crippen LogP contribution in [-0.4, -0.2) is 23.1 Å². The fourth-order valence-electron chi connectivity index (χ4n) is 1.44. The lowest BCUT2D eigenvalue weighted by molar-refractivity contribution is -0.400. The van der Waals surface area contributed by atoms with Crippen molar-refractivity contribution < 1.29 is 19.2 Å². The Morgan fingerprint density at radius 2 is 1.95 bits per heavy atom. The number of benzene rings is 1. The number of esters is 1. The van der Waals surface area contributed by atoms with E-state index in [0.29, 0.717) is 11.3 Å². The first kappa shape index (κ1) is 15.7. The molecule has 0 amide bonds. The van der Waals surface area contributed by atoms with E-state index in [0.717, 1.165) is 6.20 Å². The third kappa shape index (κ3) is 4.72. The van der Waals surface area contributed by atoms with Crippen LogP contribution >= 0.6 is 0 Å². The fourth-order valence-corrected chi connectivity index (χ4v) is 1.44. The second-order valence-corrected chi connectivity index (χ2v) is 4.50. The van der Waals surface area contributed by atoms with Crippen LogP contribution in [0.15, 0.2) is 30.5 Å². The Bertz CT molecular complexity index is 505. The molecule has 6 nitrogen and oxygen atoms in total. The molecular weight excluding hydrogens is 262 g/mol. The highest BCUT2D eigenvalue weighted by atomic mass is 16.6. The van der Waals surface area contributed by atoms with Crippen LogP contribution in [0, 0.1) is 10.1 Å². The summed E-state index contributed by atoms with van der Waals surface area (Å²) in [7, 11) is 0. The molecule has 1 aromatic rings. The Morgan fingerprint density at radius 1 is 1.35 bits per heavy atom. The third-order valence-corrected chi connectivity index (χ3v) is 2.41. The molecule has 20 heavy (non-hydrogen) atoms. The summed E-state index contributed by atoms with van der Waals surface area (Å²) in [5, 5.41) is 10.2. The zero-order chi connectivity index (χ0) is 15.2. The normalized spacial score (nSPS) is 11.3. The van der Waals surface area contributed by atoms with E-state index in [1.165, 1.54) is 6.08 Å². The Kier molecular flexibility index (Phi) is 5.25. The highest BCUT2D eigenvalue weighted by Gasteiger charge is 2.31. The summed E-state index contributed by atoms with van der Waals surface area (Å²) in [4.78, 5) is 21.4. The largest absolute Gasteiger partial charge is 0.476 e. The summed E-state index contributed by atoms with van der Waals surface area (Å²) >= 11 is 0. The van der Waals surface area contributed by atoms with E-state index in [2.05, 4.69) is 0 Å². The zero-order valence-corrected chi connectivity index (χ0v) is 11.7. The minimum Gasteiger partial charge on any atom is -0.476 e. The van der Waals surface area contributed by atoms with E-state index in [-0.39, 0.29) is 6.61 Å². The van der Waals surface area contributed by atoms with Crippen LogP contribution in [0.3, 0.4) is 0 Å². The average molecular weight is 279 g/mol. The number of nitrogens with zero attached hydrogens (tertiary/aromatic N) is 1. The van der Waals surface area contributed by atoms with Crippen LogP contribution < -0.4 is 4.74 Å². The smallest absolute Gasteiger partial charge is 0.349 e. The summed E-state index contributed by atoms with van der Waals surface area (Å²) in [5.74, 6) is 0.0404.